The van der Waals surface area contributed by atoms with E-state index in [0.29, 0.717) is 30.6 Å². The molecule has 2 heterocycles. The maximum absolute atomic E-state index is 13.6. The standard InChI is InChI=1S/C23H22ClF3N2O3S3/c1-29-10-9-16(13-29)32-20-11-15(5-8-19(20)23(25,26)27)28-35(30,31)22-18(12-21(24)34-22)14-3-6-17(33-2)7-4-14/h3-8,11-12,16,28H,9-10,13H2,1-2H3/t16-/m1/s1. The molecule has 1 N–H and O–H groups in total. The van der Waals surface area contributed by atoms with Crippen LogP contribution in [0.25, 0.3) is 11.1 Å². The van der Waals surface area contributed by atoms with E-state index in [1.165, 1.54) is 0 Å². The number of alkyl halides is 3. The minimum Gasteiger partial charge on any atom is -0.488 e. The number of thiophene rings is 1. The molecule has 0 bridgehead atoms. The fraction of sp³-hybridized carbons (Fsp3) is 0.304. The number of likely N-dealkylation sites (tertiary alicyclic amines) is 1. The Morgan fingerprint density at radius 1 is 1.17 bits per heavy atom. The van der Waals surface area contributed by atoms with Gasteiger partial charge in [-0.1, -0.05) is 23.7 Å². The summed E-state index contributed by atoms with van der Waals surface area (Å²) in [5, 5.41) is 0. The summed E-state index contributed by atoms with van der Waals surface area (Å²) in [4.78, 5) is 2.97. The Balaban J connectivity index is 1.66. The minimum absolute atomic E-state index is 0.0285. The van der Waals surface area contributed by atoms with Gasteiger partial charge in [-0.2, -0.15) is 13.2 Å². The number of hydrogen-bond donors (Lipinski definition) is 1. The van der Waals surface area contributed by atoms with E-state index in [1.54, 1.807) is 30.0 Å². The van der Waals surface area contributed by atoms with Crippen molar-refractivity contribution in [1.29, 1.82) is 0 Å². The van der Waals surface area contributed by atoms with E-state index in [1.807, 2.05) is 30.3 Å². The molecular formula is C23H22ClF3N2O3S3. The molecule has 1 atom stereocenters. The lowest BCUT2D eigenvalue weighted by Crippen LogP contribution is -2.23. The van der Waals surface area contributed by atoms with Gasteiger partial charge in [-0.15, -0.1) is 23.1 Å². The van der Waals surface area contributed by atoms with Crippen LogP contribution in [0, 0.1) is 0 Å². The third kappa shape index (κ3) is 6.08. The quantitative estimate of drug-likeness (QED) is 0.325. The van der Waals surface area contributed by atoms with Gasteiger partial charge < -0.3 is 9.64 Å². The smallest absolute Gasteiger partial charge is 0.419 e. The van der Waals surface area contributed by atoms with Gasteiger partial charge in [-0.05, 0) is 55.6 Å². The third-order valence-electron chi connectivity index (χ3n) is 5.49. The number of sulfonamides is 1. The first-order valence-electron chi connectivity index (χ1n) is 10.5. The second-order valence-electron chi connectivity index (χ2n) is 8.09. The zero-order chi connectivity index (χ0) is 25.4. The summed E-state index contributed by atoms with van der Waals surface area (Å²) in [6, 6.07) is 11.9. The molecule has 1 fully saturated rings. The number of benzene rings is 2. The number of nitrogens with one attached hydrogen (secondary N) is 1. The van der Waals surface area contributed by atoms with Crippen molar-refractivity contribution < 1.29 is 26.3 Å². The Bertz CT molecular complexity index is 1310. The van der Waals surface area contributed by atoms with E-state index >= 15 is 0 Å². The fourth-order valence-electron chi connectivity index (χ4n) is 3.81. The van der Waals surface area contributed by atoms with Crippen LogP contribution in [0.15, 0.2) is 57.6 Å². The van der Waals surface area contributed by atoms with Crippen molar-refractivity contribution in [3.05, 3.63) is 58.4 Å². The molecular weight excluding hydrogens is 541 g/mol. The molecule has 1 aliphatic rings. The highest BCUT2D eigenvalue weighted by atomic mass is 35.5. The van der Waals surface area contributed by atoms with Crippen molar-refractivity contribution >= 4 is 50.4 Å². The summed E-state index contributed by atoms with van der Waals surface area (Å²) in [5.41, 5.74) is 0.0851. The van der Waals surface area contributed by atoms with Crippen LogP contribution < -0.4 is 9.46 Å². The normalized spacial score (nSPS) is 17.0. The van der Waals surface area contributed by atoms with Gasteiger partial charge in [0.2, 0.25) is 0 Å². The predicted octanol–water partition coefficient (Wildman–Crippen LogP) is 6.69. The van der Waals surface area contributed by atoms with Crippen LogP contribution >= 0.6 is 34.7 Å². The van der Waals surface area contributed by atoms with Crippen molar-refractivity contribution in [1.82, 2.24) is 4.90 Å². The number of nitrogens with zero attached hydrogens (tertiary/aromatic N) is 1. The molecule has 12 heteroatoms. The number of anilines is 1. The lowest BCUT2D eigenvalue weighted by Gasteiger charge is -2.19. The third-order valence-corrected chi connectivity index (χ3v) is 9.42. The van der Waals surface area contributed by atoms with Gasteiger partial charge in [-0.25, -0.2) is 8.42 Å². The first-order chi connectivity index (χ1) is 16.5. The molecule has 5 nitrogen and oxygen atoms in total. The number of rotatable bonds is 7. The summed E-state index contributed by atoms with van der Waals surface area (Å²) in [7, 11) is -2.30. The number of hydrogen-bond acceptors (Lipinski definition) is 6. The van der Waals surface area contributed by atoms with Crippen molar-refractivity contribution in [2.45, 2.75) is 27.8 Å². The number of thioether (sulfide) groups is 1. The molecule has 0 spiro atoms. The molecule has 1 saturated heterocycles. The van der Waals surface area contributed by atoms with E-state index in [2.05, 4.69) is 4.72 Å². The van der Waals surface area contributed by atoms with Gasteiger partial charge in [0.1, 0.15) is 16.1 Å². The molecule has 0 radical (unpaired) electrons. The molecule has 188 valence electrons. The van der Waals surface area contributed by atoms with E-state index in [-0.39, 0.29) is 14.2 Å². The summed E-state index contributed by atoms with van der Waals surface area (Å²) in [5.74, 6) is -0.407. The topological polar surface area (TPSA) is 58.6 Å². The molecule has 4 rings (SSSR count). The van der Waals surface area contributed by atoms with E-state index < -0.39 is 33.6 Å². The van der Waals surface area contributed by atoms with E-state index in [0.717, 1.165) is 34.4 Å². The average molecular weight is 563 g/mol. The molecule has 1 aromatic heterocycles. The van der Waals surface area contributed by atoms with Crippen molar-refractivity contribution in [3.63, 3.8) is 0 Å². The van der Waals surface area contributed by atoms with E-state index in [9.17, 15) is 21.6 Å². The Morgan fingerprint density at radius 3 is 2.49 bits per heavy atom. The molecule has 35 heavy (non-hydrogen) atoms. The summed E-state index contributed by atoms with van der Waals surface area (Å²) in [6.45, 7) is 1.19. The average Bonchev–Trinajstić information content (AvgIpc) is 3.38. The Kier molecular flexibility index (Phi) is 7.63. The number of halogens is 4. The summed E-state index contributed by atoms with van der Waals surface area (Å²) in [6.07, 6.45) is -2.55. The Hall–Kier alpha value is -1.92. The van der Waals surface area contributed by atoms with Gasteiger partial charge in [0, 0.05) is 29.6 Å². The summed E-state index contributed by atoms with van der Waals surface area (Å²) < 4.78 is 75.6. The van der Waals surface area contributed by atoms with Crippen LogP contribution in [0.4, 0.5) is 18.9 Å². The largest absolute Gasteiger partial charge is 0.488 e. The van der Waals surface area contributed by atoms with Crippen LogP contribution in [0.1, 0.15) is 12.0 Å². The van der Waals surface area contributed by atoms with Gasteiger partial charge in [0.25, 0.3) is 10.0 Å². The molecule has 2 aromatic carbocycles. The second kappa shape index (κ2) is 10.2. The fourth-order valence-corrected chi connectivity index (χ4v) is 7.16. The van der Waals surface area contributed by atoms with Gasteiger partial charge in [0.15, 0.2) is 0 Å². The highest BCUT2D eigenvalue weighted by molar-refractivity contribution is 7.98. The summed E-state index contributed by atoms with van der Waals surface area (Å²) >= 11 is 8.59. The first kappa shape index (κ1) is 26.2. The van der Waals surface area contributed by atoms with Gasteiger partial charge in [-0.3, -0.25) is 4.72 Å². The maximum atomic E-state index is 13.6. The second-order valence-corrected chi connectivity index (χ2v) is 12.5. The van der Waals surface area contributed by atoms with Crippen LogP contribution in [-0.4, -0.2) is 45.8 Å². The maximum Gasteiger partial charge on any atom is 0.419 e. The molecule has 1 aliphatic heterocycles. The van der Waals surface area contributed by atoms with Gasteiger partial charge in [0.05, 0.1) is 15.6 Å². The molecule has 0 unspecified atom stereocenters. The minimum atomic E-state index is -4.64. The highest BCUT2D eigenvalue weighted by Crippen LogP contribution is 2.41. The van der Waals surface area contributed by atoms with Crippen molar-refractivity contribution in [3.8, 4) is 16.9 Å². The number of likely N-dealkylation sites (N-methyl/N-ethyl adjacent to an activating group) is 1. The Labute approximate surface area is 215 Å². The SMILES string of the molecule is CSc1ccc(-c2cc(Cl)sc2S(=O)(=O)Nc2ccc(C(F)(F)F)c(O[C@@H]3CCN(C)C3)c2)cc1. The highest BCUT2D eigenvalue weighted by Gasteiger charge is 2.36. The molecule has 0 saturated carbocycles. The zero-order valence-electron chi connectivity index (χ0n) is 18.7. The molecule has 0 aliphatic carbocycles. The van der Waals surface area contributed by atoms with Gasteiger partial charge >= 0.3 is 6.18 Å². The Morgan fingerprint density at radius 2 is 1.89 bits per heavy atom. The predicted molar refractivity (Wildman–Crippen MR) is 135 cm³/mol. The lowest BCUT2D eigenvalue weighted by atomic mass is 10.1. The molecule has 0 amide bonds. The van der Waals surface area contributed by atoms with Crippen LogP contribution in [0.3, 0.4) is 0 Å². The van der Waals surface area contributed by atoms with E-state index in [4.69, 9.17) is 16.3 Å². The van der Waals surface area contributed by atoms with Crippen LogP contribution in [0.5, 0.6) is 5.75 Å². The first-order valence-corrected chi connectivity index (χ1v) is 14.4. The zero-order valence-corrected chi connectivity index (χ0v) is 21.9. The van der Waals surface area contributed by atoms with Crippen LogP contribution in [-0.2, 0) is 16.2 Å². The monoisotopic (exact) mass is 562 g/mol. The van der Waals surface area contributed by atoms with Crippen molar-refractivity contribution in [2.24, 2.45) is 0 Å². The molecule has 3 aromatic rings. The van der Waals surface area contributed by atoms with Crippen LogP contribution in [0.2, 0.25) is 4.34 Å². The lowest BCUT2D eigenvalue weighted by molar-refractivity contribution is -0.139. The number of ether oxygens (including phenoxy) is 1. The van der Waals surface area contributed by atoms with Crippen molar-refractivity contribution in [2.75, 3.05) is 31.1 Å².